The number of nitrogens with two attached hydrogens (primary N) is 1. The van der Waals surface area contributed by atoms with Gasteiger partial charge in [-0.2, -0.15) is 0 Å². The van der Waals surface area contributed by atoms with E-state index >= 15 is 0 Å². The van der Waals surface area contributed by atoms with Crippen molar-refractivity contribution in [1.29, 1.82) is 0 Å². The van der Waals surface area contributed by atoms with E-state index in [9.17, 15) is 18.0 Å². The summed E-state index contributed by atoms with van der Waals surface area (Å²) >= 11 is 0. The Bertz CT molecular complexity index is 945. The molecule has 7 nitrogen and oxygen atoms in total. The van der Waals surface area contributed by atoms with E-state index in [1.54, 1.807) is 24.3 Å². The van der Waals surface area contributed by atoms with Gasteiger partial charge in [0.2, 0.25) is 5.91 Å². The van der Waals surface area contributed by atoms with Gasteiger partial charge >= 0.3 is 0 Å². The minimum Gasteiger partial charge on any atom is -0.369 e. The first-order chi connectivity index (χ1) is 12.8. The molecule has 2 aromatic rings. The molecule has 1 aliphatic rings. The van der Waals surface area contributed by atoms with Crippen molar-refractivity contribution >= 4 is 33.1 Å². The molecule has 3 rings (SSSR count). The fraction of sp³-hybridized carbons (Fsp3) is 0.263. The highest BCUT2D eigenvalue weighted by molar-refractivity contribution is 7.92. The number of carbonyl (C=O) groups is 2. The summed E-state index contributed by atoms with van der Waals surface area (Å²) in [6, 6.07) is 13.2. The zero-order chi connectivity index (χ0) is 19.4. The molecule has 2 aromatic carbocycles. The average molecular weight is 387 g/mol. The van der Waals surface area contributed by atoms with Crippen LogP contribution in [0.2, 0.25) is 0 Å². The number of ketones is 1. The molecule has 0 bridgehead atoms. The summed E-state index contributed by atoms with van der Waals surface area (Å²) < 4.78 is 28.1. The highest BCUT2D eigenvalue weighted by Gasteiger charge is 2.21. The van der Waals surface area contributed by atoms with Crippen LogP contribution in [0.5, 0.6) is 0 Å². The number of hydrogen-bond acceptors (Lipinski definition) is 5. The lowest BCUT2D eigenvalue weighted by molar-refractivity contribution is -0.119. The van der Waals surface area contributed by atoms with Gasteiger partial charge in [0.1, 0.15) is 5.78 Å². The molecule has 0 atom stereocenters. The van der Waals surface area contributed by atoms with Crippen LogP contribution in [0.25, 0.3) is 0 Å². The maximum Gasteiger partial charge on any atom is 0.261 e. The number of anilines is 2. The molecule has 0 spiro atoms. The van der Waals surface area contributed by atoms with Crippen molar-refractivity contribution in [2.24, 2.45) is 5.73 Å². The zero-order valence-corrected chi connectivity index (χ0v) is 15.5. The van der Waals surface area contributed by atoms with Gasteiger partial charge in [-0.1, -0.05) is 24.3 Å². The summed E-state index contributed by atoms with van der Waals surface area (Å²) in [5.74, 6) is -0.252. The monoisotopic (exact) mass is 387 g/mol. The normalized spacial score (nSPS) is 14.8. The van der Waals surface area contributed by atoms with Gasteiger partial charge in [0.15, 0.2) is 0 Å². The van der Waals surface area contributed by atoms with Crippen molar-refractivity contribution in [3.63, 3.8) is 0 Å². The molecule has 1 fully saturated rings. The number of sulfonamides is 1. The summed E-state index contributed by atoms with van der Waals surface area (Å²) in [5, 5.41) is 0. The Morgan fingerprint density at radius 2 is 1.67 bits per heavy atom. The van der Waals surface area contributed by atoms with Crippen LogP contribution in [0.4, 0.5) is 11.4 Å². The summed E-state index contributed by atoms with van der Waals surface area (Å²) in [7, 11) is -3.79. The molecule has 1 heterocycles. The Labute approximate surface area is 158 Å². The van der Waals surface area contributed by atoms with E-state index in [0.29, 0.717) is 37.2 Å². The summed E-state index contributed by atoms with van der Waals surface area (Å²) in [6.45, 7) is 1.14. The van der Waals surface area contributed by atoms with Crippen LogP contribution in [-0.4, -0.2) is 33.2 Å². The SMILES string of the molecule is NC(=O)Cc1ccc(S(=O)(=O)Nc2ccccc2N2CCC(=O)CC2)cc1. The first-order valence-corrected chi connectivity index (χ1v) is 10.1. The molecule has 142 valence electrons. The van der Waals surface area contributed by atoms with E-state index in [2.05, 4.69) is 4.72 Å². The van der Waals surface area contributed by atoms with Crippen LogP contribution >= 0.6 is 0 Å². The molecule has 0 unspecified atom stereocenters. The molecular formula is C19H21N3O4S. The van der Waals surface area contributed by atoms with Crippen molar-refractivity contribution < 1.29 is 18.0 Å². The minimum atomic E-state index is -3.79. The van der Waals surface area contributed by atoms with Crippen LogP contribution < -0.4 is 15.4 Å². The van der Waals surface area contributed by atoms with Crippen molar-refractivity contribution in [3.8, 4) is 0 Å². The number of primary amides is 1. The molecule has 0 aliphatic carbocycles. The van der Waals surface area contributed by atoms with Crippen molar-refractivity contribution in [2.75, 3.05) is 22.7 Å². The number of Topliss-reactive ketones (excluding diaryl/α,β-unsaturated/α-hetero) is 1. The zero-order valence-electron chi connectivity index (χ0n) is 14.7. The van der Waals surface area contributed by atoms with E-state index in [0.717, 1.165) is 5.69 Å². The molecule has 3 N–H and O–H groups in total. The van der Waals surface area contributed by atoms with Gasteiger partial charge in [0.25, 0.3) is 10.0 Å². The third-order valence-corrected chi connectivity index (χ3v) is 5.80. The van der Waals surface area contributed by atoms with Gasteiger partial charge in [0, 0.05) is 25.9 Å². The Hall–Kier alpha value is -2.87. The number of amides is 1. The van der Waals surface area contributed by atoms with Gasteiger partial charge in [0.05, 0.1) is 22.7 Å². The number of piperidine rings is 1. The number of hydrogen-bond donors (Lipinski definition) is 2. The number of para-hydroxylation sites is 2. The molecule has 0 saturated carbocycles. The lowest BCUT2D eigenvalue weighted by atomic mass is 10.1. The van der Waals surface area contributed by atoms with E-state index in [4.69, 9.17) is 5.73 Å². The summed E-state index contributed by atoms with van der Waals surface area (Å²) in [6.07, 6.45) is 0.981. The predicted molar refractivity (Wildman–Crippen MR) is 103 cm³/mol. The first kappa shape index (κ1) is 18.9. The number of nitrogens with zero attached hydrogens (tertiary/aromatic N) is 1. The number of nitrogens with one attached hydrogen (secondary N) is 1. The van der Waals surface area contributed by atoms with Gasteiger partial charge in [-0.25, -0.2) is 8.42 Å². The fourth-order valence-electron chi connectivity index (χ4n) is 3.02. The van der Waals surface area contributed by atoms with Gasteiger partial charge in [-0.15, -0.1) is 0 Å². The quantitative estimate of drug-likeness (QED) is 0.784. The fourth-order valence-corrected chi connectivity index (χ4v) is 4.10. The standard InChI is InChI=1S/C19H21N3O4S/c20-19(24)13-14-5-7-16(8-6-14)27(25,26)21-17-3-1-2-4-18(17)22-11-9-15(23)10-12-22/h1-8,21H,9-13H2,(H2,20,24). The summed E-state index contributed by atoms with van der Waals surface area (Å²) in [5.41, 5.74) is 7.02. The minimum absolute atomic E-state index is 0.0598. The van der Waals surface area contributed by atoms with Gasteiger partial charge in [-0.3, -0.25) is 14.3 Å². The second-order valence-electron chi connectivity index (χ2n) is 6.44. The molecule has 27 heavy (non-hydrogen) atoms. The number of rotatable bonds is 6. The Morgan fingerprint density at radius 3 is 2.30 bits per heavy atom. The molecule has 1 saturated heterocycles. The maximum absolute atomic E-state index is 12.7. The highest BCUT2D eigenvalue weighted by Crippen LogP contribution is 2.29. The lowest BCUT2D eigenvalue weighted by Crippen LogP contribution is -2.34. The molecule has 0 radical (unpaired) electrons. The second kappa shape index (κ2) is 7.79. The van der Waals surface area contributed by atoms with Crippen molar-refractivity contribution in [2.45, 2.75) is 24.2 Å². The first-order valence-electron chi connectivity index (χ1n) is 8.61. The van der Waals surface area contributed by atoms with E-state index in [1.165, 1.54) is 12.1 Å². The van der Waals surface area contributed by atoms with E-state index in [1.807, 2.05) is 17.0 Å². The van der Waals surface area contributed by atoms with E-state index in [-0.39, 0.29) is 17.1 Å². The van der Waals surface area contributed by atoms with Crippen LogP contribution in [0.3, 0.4) is 0 Å². The topological polar surface area (TPSA) is 110 Å². The predicted octanol–water partition coefficient (Wildman–Crippen LogP) is 1.68. The third-order valence-electron chi connectivity index (χ3n) is 4.42. The number of benzene rings is 2. The molecule has 1 aliphatic heterocycles. The van der Waals surface area contributed by atoms with Crippen LogP contribution in [-0.2, 0) is 26.0 Å². The molecule has 1 amide bonds. The highest BCUT2D eigenvalue weighted by atomic mass is 32.2. The molecule has 0 aromatic heterocycles. The Balaban J connectivity index is 1.82. The smallest absolute Gasteiger partial charge is 0.261 e. The maximum atomic E-state index is 12.7. The average Bonchev–Trinajstić information content (AvgIpc) is 2.63. The Kier molecular flexibility index (Phi) is 5.46. The lowest BCUT2D eigenvalue weighted by Gasteiger charge is -2.30. The third kappa shape index (κ3) is 4.65. The number of carbonyl (C=O) groups excluding carboxylic acids is 2. The van der Waals surface area contributed by atoms with E-state index < -0.39 is 15.9 Å². The molecular weight excluding hydrogens is 366 g/mol. The van der Waals surface area contributed by atoms with Crippen LogP contribution in [0.15, 0.2) is 53.4 Å². The van der Waals surface area contributed by atoms with Crippen LogP contribution in [0.1, 0.15) is 18.4 Å². The van der Waals surface area contributed by atoms with Gasteiger partial charge in [-0.05, 0) is 29.8 Å². The van der Waals surface area contributed by atoms with Gasteiger partial charge < -0.3 is 10.6 Å². The molecule has 8 heteroatoms. The van der Waals surface area contributed by atoms with Crippen molar-refractivity contribution in [1.82, 2.24) is 0 Å². The largest absolute Gasteiger partial charge is 0.369 e. The van der Waals surface area contributed by atoms with Crippen molar-refractivity contribution in [3.05, 3.63) is 54.1 Å². The second-order valence-corrected chi connectivity index (χ2v) is 8.12. The summed E-state index contributed by atoms with van der Waals surface area (Å²) in [4.78, 5) is 24.5. The Morgan fingerprint density at radius 1 is 1.04 bits per heavy atom. The van der Waals surface area contributed by atoms with Crippen LogP contribution in [0, 0.1) is 0 Å².